The van der Waals surface area contributed by atoms with Crippen LogP contribution >= 0.6 is 0 Å². The van der Waals surface area contributed by atoms with Crippen LogP contribution in [-0.2, 0) is 4.74 Å². The van der Waals surface area contributed by atoms with Crippen LogP contribution in [0, 0.1) is 11.3 Å². The van der Waals surface area contributed by atoms with Crippen molar-refractivity contribution in [3.63, 3.8) is 0 Å². The third-order valence-electron chi connectivity index (χ3n) is 4.30. The second kappa shape index (κ2) is 7.83. The lowest BCUT2D eigenvalue weighted by molar-refractivity contribution is -0.277. The third-order valence-corrected chi connectivity index (χ3v) is 4.30. The van der Waals surface area contributed by atoms with E-state index >= 15 is 0 Å². The fourth-order valence-corrected chi connectivity index (χ4v) is 2.76. The van der Waals surface area contributed by atoms with Crippen molar-refractivity contribution in [1.82, 2.24) is 0 Å². The van der Waals surface area contributed by atoms with Gasteiger partial charge in [0.1, 0.15) is 30.2 Å². The molecule has 2 aromatic rings. The number of rotatable bonds is 4. The number of nitriles is 1. The topological polar surface area (TPSA) is 123 Å². The van der Waals surface area contributed by atoms with Gasteiger partial charge in [-0.25, -0.2) is 0 Å². The fraction of sp³-hybridized carbons (Fsp3) is 0.316. The molecule has 1 heterocycles. The van der Waals surface area contributed by atoms with E-state index in [9.17, 15) is 20.4 Å². The van der Waals surface area contributed by atoms with Gasteiger partial charge in [0, 0.05) is 0 Å². The number of nitrogens with zero attached hydrogens (tertiary/aromatic N) is 1. The third kappa shape index (κ3) is 3.70. The Kier molecular flexibility index (Phi) is 5.52. The van der Waals surface area contributed by atoms with Crippen LogP contribution in [0.4, 0.5) is 0 Å². The monoisotopic (exact) mass is 357 g/mol. The molecule has 5 atom stereocenters. The molecule has 2 aromatic carbocycles. The molecule has 0 radical (unpaired) electrons. The number of benzene rings is 2. The summed E-state index contributed by atoms with van der Waals surface area (Å²) in [5.74, 6) is 0.395. The summed E-state index contributed by atoms with van der Waals surface area (Å²) in [6, 6.07) is 16.2. The Morgan fingerprint density at radius 2 is 1.46 bits per heavy atom. The molecule has 1 fully saturated rings. The molecule has 1 aliphatic heterocycles. The Balaban J connectivity index is 1.71. The average molecular weight is 357 g/mol. The lowest BCUT2D eigenvalue weighted by Crippen LogP contribution is -2.60. The maximum Gasteiger partial charge on any atom is 0.229 e. The largest absolute Gasteiger partial charge is 0.462 e. The first-order valence-corrected chi connectivity index (χ1v) is 8.11. The highest BCUT2D eigenvalue weighted by molar-refractivity contribution is 5.64. The summed E-state index contributed by atoms with van der Waals surface area (Å²) in [4.78, 5) is 0. The standard InChI is InChI=1S/C19H19NO6/c20-9-11-1-3-12(4-2-11)13-5-7-14(8-6-13)25-19-18(24)17(23)16(22)15(10-21)26-19/h1-8,15-19,21-24H,10H2. The van der Waals surface area contributed by atoms with Gasteiger partial charge in [-0.2, -0.15) is 5.26 Å². The molecular weight excluding hydrogens is 338 g/mol. The van der Waals surface area contributed by atoms with E-state index in [1.54, 1.807) is 36.4 Å². The van der Waals surface area contributed by atoms with Crippen molar-refractivity contribution < 1.29 is 29.9 Å². The normalized spacial score (nSPS) is 28.3. The predicted molar refractivity (Wildman–Crippen MR) is 91.0 cm³/mol. The SMILES string of the molecule is N#Cc1ccc(-c2ccc(OC3OC(CO)C(O)C(O)C3O)cc2)cc1. The van der Waals surface area contributed by atoms with Gasteiger partial charge in [0.2, 0.25) is 6.29 Å². The van der Waals surface area contributed by atoms with E-state index in [1.165, 1.54) is 0 Å². The first kappa shape index (κ1) is 18.3. The summed E-state index contributed by atoms with van der Waals surface area (Å²) in [5.41, 5.74) is 2.43. The summed E-state index contributed by atoms with van der Waals surface area (Å²) in [6.07, 6.45) is -6.59. The Morgan fingerprint density at radius 3 is 2.00 bits per heavy atom. The molecule has 0 bridgehead atoms. The van der Waals surface area contributed by atoms with Crippen LogP contribution in [0.5, 0.6) is 5.75 Å². The summed E-state index contributed by atoms with van der Waals surface area (Å²) in [6.45, 7) is -0.511. The molecule has 5 unspecified atom stereocenters. The molecule has 136 valence electrons. The van der Waals surface area contributed by atoms with Crippen molar-refractivity contribution in [2.75, 3.05) is 6.61 Å². The van der Waals surface area contributed by atoms with E-state index in [0.29, 0.717) is 11.3 Å². The van der Waals surface area contributed by atoms with Gasteiger partial charge in [0.15, 0.2) is 0 Å². The molecule has 1 saturated heterocycles. The van der Waals surface area contributed by atoms with Gasteiger partial charge in [-0.05, 0) is 35.4 Å². The van der Waals surface area contributed by atoms with Crippen molar-refractivity contribution in [2.45, 2.75) is 30.7 Å². The highest BCUT2D eigenvalue weighted by atomic mass is 16.7. The van der Waals surface area contributed by atoms with Gasteiger partial charge in [0.25, 0.3) is 0 Å². The first-order chi connectivity index (χ1) is 12.5. The molecule has 0 aromatic heterocycles. The molecular formula is C19H19NO6. The number of hydrogen-bond donors (Lipinski definition) is 4. The highest BCUT2D eigenvalue weighted by Gasteiger charge is 2.44. The van der Waals surface area contributed by atoms with Gasteiger partial charge in [-0.3, -0.25) is 0 Å². The van der Waals surface area contributed by atoms with Crippen molar-refractivity contribution in [3.05, 3.63) is 54.1 Å². The van der Waals surface area contributed by atoms with Gasteiger partial charge >= 0.3 is 0 Å². The van der Waals surface area contributed by atoms with E-state index in [4.69, 9.17) is 14.7 Å². The Labute approximate surface area is 150 Å². The second-order valence-corrected chi connectivity index (χ2v) is 6.03. The van der Waals surface area contributed by atoms with Crippen molar-refractivity contribution in [3.8, 4) is 22.9 Å². The summed E-state index contributed by atoms with van der Waals surface area (Å²) in [5, 5.41) is 47.6. The Bertz CT molecular complexity index is 768. The fourth-order valence-electron chi connectivity index (χ4n) is 2.76. The second-order valence-electron chi connectivity index (χ2n) is 6.03. The summed E-state index contributed by atoms with van der Waals surface area (Å²) in [7, 11) is 0. The van der Waals surface area contributed by atoms with Crippen LogP contribution < -0.4 is 4.74 Å². The molecule has 1 aliphatic rings. The van der Waals surface area contributed by atoms with Crippen LogP contribution in [0.15, 0.2) is 48.5 Å². The predicted octanol–water partition coefficient (Wildman–Crippen LogP) is 0.404. The lowest BCUT2D eigenvalue weighted by atomic mass is 9.99. The van der Waals surface area contributed by atoms with Gasteiger partial charge in [0.05, 0.1) is 18.2 Å². The molecule has 0 amide bonds. The maximum absolute atomic E-state index is 10.00. The lowest BCUT2D eigenvalue weighted by Gasteiger charge is -2.39. The number of aliphatic hydroxyl groups excluding tert-OH is 4. The summed E-state index contributed by atoms with van der Waals surface area (Å²) >= 11 is 0. The van der Waals surface area contributed by atoms with Crippen molar-refractivity contribution in [1.29, 1.82) is 5.26 Å². The van der Waals surface area contributed by atoms with Crippen LogP contribution in [-0.4, -0.2) is 57.7 Å². The number of ether oxygens (including phenoxy) is 2. The van der Waals surface area contributed by atoms with Crippen LogP contribution in [0.25, 0.3) is 11.1 Å². The Hall–Kier alpha value is -2.47. The Morgan fingerprint density at radius 1 is 0.885 bits per heavy atom. The van der Waals surface area contributed by atoms with Crippen LogP contribution in [0.1, 0.15) is 5.56 Å². The average Bonchev–Trinajstić information content (AvgIpc) is 2.69. The maximum atomic E-state index is 10.00. The molecule has 7 nitrogen and oxygen atoms in total. The zero-order valence-corrected chi connectivity index (χ0v) is 13.8. The highest BCUT2D eigenvalue weighted by Crippen LogP contribution is 2.27. The minimum absolute atomic E-state index is 0.395. The summed E-state index contributed by atoms with van der Waals surface area (Å²) < 4.78 is 10.9. The molecule has 0 saturated carbocycles. The number of hydrogen-bond acceptors (Lipinski definition) is 7. The van der Waals surface area contributed by atoms with Gasteiger partial charge < -0.3 is 29.9 Å². The number of aliphatic hydroxyl groups is 4. The van der Waals surface area contributed by atoms with E-state index in [0.717, 1.165) is 11.1 Å². The zero-order chi connectivity index (χ0) is 18.7. The quantitative estimate of drug-likeness (QED) is 0.625. The minimum atomic E-state index is -1.48. The van der Waals surface area contributed by atoms with E-state index in [1.807, 2.05) is 12.1 Å². The first-order valence-electron chi connectivity index (χ1n) is 8.11. The van der Waals surface area contributed by atoms with Crippen LogP contribution in [0.2, 0.25) is 0 Å². The molecule has 0 aliphatic carbocycles. The minimum Gasteiger partial charge on any atom is -0.462 e. The zero-order valence-electron chi connectivity index (χ0n) is 13.8. The van der Waals surface area contributed by atoms with E-state index in [-0.39, 0.29) is 0 Å². The van der Waals surface area contributed by atoms with Gasteiger partial charge in [-0.1, -0.05) is 24.3 Å². The van der Waals surface area contributed by atoms with Crippen molar-refractivity contribution >= 4 is 0 Å². The molecule has 3 rings (SSSR count). The molecule has 7 heteroatoms. The van der Waals surface area contributed by atoms with E-state index in [2.05, 4.69) is 6.07 Å². The molecule has 4 N–H and O–H groups in total. The van der Waals surface area contributed by atoms with Crippen LogP contribution in [0.3, 0.4) is 0 Å². The molecule has 26 heavy (non-hydrogen) atoms. The van der Waals surface area contributed by atoms with Crippen molar-refractivity contribution in [2.24, 2.45) is 0 Å². The van der Waals surface area contributed by atoms with Gasteiger partial charge in [-0.15, -0.1) is 0 Å². The van der Waals surface area contributed by atoms with E-state index < -0.39 is 37.3 Å². The molecule has 0 spiro atoms. The smallest absolute Gasteiger partial charge is 0.229 e.